The maximum atomic E-state index is 13.5. The smallest absolute Gasteiger partial charge is 0.221 e. The topological polar surface area (TPSA) is 59.0 Å². The predicted octanol–water partition coefficient (Wildman–Crippen LogP) is 2.13. The minimum absolute atomic E-state index is 0.169. The molecule has 0 atom stereocenters. The quantitative estimate of drug-likeness (QED) is 0.887. The largest absolute Gasteiger partial charge is 0.379 e. The van der Waals surface area contributed by atoms with Crippen molar-refractivity contribution in [2.24, 2.45) is 7.05 Å². The lowest BCUT2D eigenvalue weighted by atomic mass is 10.2. The standard InChI is InChI=1S/C13H15FN4O/c1-9(19)17-13-5-10(3-4-12(13)14)16-7-11-6-15-8-18(11)2/h3-6,8,16H,7H2,1-2H3,(H,17,19). The number of imidazole rings is 1. The van der Waals surface area contributed by atoms with Crippen LogP contribution in [0.5, 0.6) is 0 Å². The molecule has 0 saturated heterocycles. The van der Waals surface area contributed by atoms with E-state index in [9.17, 15) is 9.18 Å². The number of aromatic nitrogens is 2. The summed E-state index contributed by atoms with van der Waals surface area (Å²) < 4.78 is 15.3. The molecular weight excluding hydrogens is 247 g/mol. The van der Waals surface area contributed by atoms with Gasteiger partial charge in [0.15, 0.2) is 0 Å². The van der Waals surface area contributed by atoms with Crippen LogP contribution in [-0.2, 0) is 18.4 Å². The minimum Gasteiger partial charge on any atom is -0.379 e. The number of carbonyl (C=O) groups excluding carboxylic acids is 1. The van der Waals surface area contributed by atoms with Crippen LogP contribution in [0.4, 0.5) is 15.8 Å². The zero-order valence-corrected chi connectivity index (χ0v) is 10.8. The highest BCUT2D eigenvalue weighted by atomic mass is 19.1. The van der Waals surface area contributed by atoms with Crippen molar-refractivity contribution in [3.63, 3.8) is 0 Å². The lowest BCUT2D eigenvalue weighted by Gasteiger charge is -2.10. The molecule has 6 heteroatoms. The summed E-state index contributed by atoms with van der Waals surface area (Å²) in [6.07, 6.45) is 3.47. The number of anilines is 2. The number of amides is 1. The van der Waals surface area contributed by atoms with Gasteiger partial charge in [0, 0.05) is 25.9 Å². The molecule has 1 amide bonds. The van der Waals surface area contributed by atoms with Crippen molar-refractivity contribution in [2.45, 2.75) is 13.5 Å². The van der Waals surface area contributed by atoms with Gasteiger partial charge in [-0.15, -0.1) is 0 Å². The first kappa shape index (κ1) is 13.1. The van der Waals surface area contributed by atoms with Gasteiger partial charge in [-0.3, -0.25) is 4.79 Å². The van der Waals surface area contributed by atoms with Gasteiger partial charge in [0.1, 0.15) is 5.82 Å². The van der Waals surface area contributed by atoms with Crippen LogP contribution in [0.15, 0.2) is 30.7 Å². The molecular formula is C13H15FN4O. The van der Waals surface area contributed by atoms with Crippen LogP contribution in [0, 0.1) is 5.82 Å². The van der Waals surface area contributed by atoms with Crippen molar-refractivity contribution in [2.75, 3.05) is 10.6 Å². The molecule has 19 heavy (non-hydrogen) atoms. The van der Waals surface area contributed by atoms with Crippen molar-refractivity contribution in [3.8, 4) is 0 Å². The highest BCUT2D eigenvalue weighted by Gasteiger charge is 2.05. The van der Waals surface area contributed by atoms with E-state index in [2.05, 4.69) is 15.6 Å². The van der Waals surface area contributed by atoms with E-state index in [4.69, 9.17) is 0 Å². The number of carbonyl (C=O) groups is 1. The molecule has 0 bridgehead atoms. The molecule has 1 aromatic carbocycles. The monoisotopic (exact) mass is 262 g/mol. The highest BCUT2D eigenvalue weighted by Crippen LogP contribution is 2.20. The van der Waals surface area contributed by atoms with Gasteiger partial charge in [-0.1, -0.05) is 0 Å². The van der Waals surface area contributed by atoms with Crippen LogP contribution < -0.4 is 10.6 Å². The normalized spacial score (nSPS) is 10.3. The molecule has 0 unspecified atom stereocenters. The predicted molar refractivity (Wildman–Crippen MR) is 71.2 cm³/mol. The van der Waals surface area contributed by atoms with Gasteiger partial charge in [0.05, 0.1) is 24.3 Å². The zero-order valence-electron chi connectivity index (χ0n) is 10.8. The number of halogens is 1. The zero-order chi connectivity index (χ0) is 13.8. The van der Waals surface area contributed by atoms with Crippen molar-refractivity contribution in [1.82, 2.24) is 9.55 Å². The summed E-state index contributed by atoms with van der Waals surface area (Å²) in [5, 5.41) is 5.60. The summed E-state index contributed by atoms with van der Waals surface area (Å²) in [5.74, 6) is -0.760. The number of benzene rings is 1. The van der Waals surface area contributed by atoms with E-state index < -0.39 is 5.82 Å². The maximum absolute atomic E-state index is 13.5. The van der Waals surface area contributed by atoms with Crippen LogP contribution in [-0.4, -0.2) is 15.5 Å². The SMILES string of the molecule is CC(=O)Nc1cc(NCc2cncn2C)ccc1F. The van der Waals surface area contributed by atoms with Gasteiger partial charge < -0.3 is 15.2 Å². The van der Waals surface area contributed by atoms with Gasteiger partial charge in [0.2, 0.25) is 5.91 Å². The Kier molecular flexibility index (Phi) is 3.79. The molecule has 2 N–H and O–H groups in total. The number of rotatable bonds is 4. The average Bonchev–Trinajstić information content (AvgIpc) is 2.75. The number of aryl methyl sites for hydroxylation is 1. The van der Waals surface area contributed by atoms with Gasteiger partial charge in [-0.25, -0.2) is 9.37 Å². The summed E-state index contributed by atoms with van der Waals surface area (Å²) in [6, 6.07) is 4.50. The van der Waals surface area contributed by atoms with Gasteiger partial charge in [-0.2, -0.15) is 0 Å². The third-order valence-corrected chi connectivity index (χ3v) is 2.67. The van der Waals surface area contributed by atoms with Crippen molar-refractivity contribution in [1.29, 1.82) is 0 Å². The Balaban J connectivity index is 2.08. The van der Waals surface area contributed by atoms with Gasteiger partial charge >= 0.3 is 0 Å². The second-order valence-electron chi connectivity index (χ2n) is 4.23. The van der Waals surface area contributed by atoms with E-state index in [0.717, 1.165) is 11.4 Å². The Labute approximate surface area is 110 Å². The molecule has 0 fully saturated rings. The lowest BCUT2D eigenvalue weighted by Crippen LogP contribution is -2.09. The fraction of sp³-hybridized carbons (Fsp3) is 0.231. The van der Waals surface area contributed by atoms with Crippen LogP contribution in [0.2, 0.25) is 0 Å². The second kappa shape index (κ2) is 5.51. The molecule has 2 rings (SSSR count). The van der Waals surface area contributed by atoms with E-state index in [1.807, 2.05) is 11.6 Å². The Morgan fingerprint density at radius 3 is 2.89 bits per heavy atom. The highest BCUT2D eigenvalue weighted by molar-refractivity contribution is 5.89. The fourth-order valence-corrected chi connectivity index (χ4v) is 1.67. The van der Waals surface area contributed by atoms with Gasteiger partial charge in [0.25, 0.3) is 0 Å². The molecule has 100 valence electrons. The molecule has 1 aromatic heterocycles. The average molecular weight is 262 g/mol. The molecule has 0 radical (unpaired) electrons. The summed E-state index contributed by atoms with van der Waals surface area (Å²) in [5.41, 5.74) is 1.90. The van der Waals surface area contributed by atoms with E-state index in [0.29, 0.717) is 6.54 Å². The van der Waals surface area contributed by atoms with Crippen molar-refractivity contribution >= 4 is 17.3 Å². The Hall–Kier alpha value is -2.37. The summed E-state index contributed by atoms with van der Waals surface area (Å²) >= 11 is 0. The molecule has 0 saturated carbocycles. The Morgan fingerprint density at radius 1 is 1.47 bits per heavy atom. The number of hydrogen-bond donors (Lipinski definition) is 2. The lowest BCUT2D eigenvalue weighted by molar-refractivity contribution is -0.114. The van der Waals surface area contributed by atoms with Gasteiger partial charge in [-0.05, 0) is 18.2 Å². The number of nitrogens with one attached hydrogen (secondary N) is 2. The first-order valence-corrected chi connectivity index (χ1v) is 5.82. The van der Waals surface area contributed by atoms with E-state index in [1.165, 1.54) is 13.0 Å². The minimum atomic E-state index is -0.457. The summed E-state index contributed by atoms with van der Waals surface area (Å²) in [6.45, 7) is 1.91. The molecule has 0 aliphatic rings. The number of nitrogens with zero attached hydrogens (tertiary/aromatic N) is 2. The van der Waals surface area contributed by atoms with Crippen LogP contribution in [0.25, 0.3) is 0 Å². The van der Waals surface area contributed by atoms with Crippen LogP contribution in [0.3, 0.4) is 0 Å². The fourth-order valence-electron chi connectivity index (χ4n) is 1.67. The first-order valence-electron chi connectivity index (χ1n) is 5.82. The molecule has 0 spiro atoms. The van der Waals surface area contributed by atoms with E-state index in [1.54, 1.807) is 24.7 Å². The first-order chi connectivity index (χ1) is 9.06. The summed E-state index contributed by atoms with van der Waals surface area (Å²) in [7, 11) is 1.90. The Bertz CT molecular complexity index is 594. The second-order valence-corrected chi connectivity index (χ2v) is 4.23. The Morgan fingerprint density at radius 2 is 2.26 bits per heavy atom. The summed E-state index contributed by atoms with van der Waals surface area (Å²) in [4.78, 5) is 15.0. The van der Waals surface area contributed by atoms with E-state index in [-0.39, 0.29) is 11.6 Å². The van der Waals surface area contributed by atoms with Crippen molar-refractivity contribution < 1.29 is 9.18 Å². The third kappa shape index (κ3) is 3.31. The maximum Gasteiger partial charge on any atom is 0.221 e. The molecule has 2 aromatic rings. The van der Waals surface area contributed by atoms with Crippen LogP contribution in [0.1, 0.15) is 12.6 Å². The molecule has 0 aliphatic carbocycles. The molecule has 1 heterocycles. The molecule has 5 nitrogen and oxygen atoms in total. The van der Waals surface area contributed by atoms with E-state index >= 15 is 0 Å². The third-order valence-electron chi connectivity index (χ3n) is 2.67. The van der Waals surface area contributed by atoms with Crippen LogP contribution >= 0.6 is 0 Å². The number of hydrogen-bond acceptors (Lipinski definition) is 3. The van der Waals surface area contributed by atoms with Crippen molar-refractivity contribution in [3.05, 3.63) is 42.2 Å². The molecule has 0 aliphatic heterocycles.